The fourth-order valence-electron chi connectivity index (χ4n) is 3.05. The summed E-state index contributed by atoms with van der Waals surface area (Å²) in [6.07, 6.45) is 0. The summed E-state index contributed by atoms with van der Waals surface area (Å²) in [4.78, 5) is 36.6. The van der Waals surface area contributed by atoms with Gasteiger partial charge in [-0.05, 0) is 36.4 Å². The molecule has 0 radical (unpaired) electrons. The van der Waals surface area contributed by atoms with Crippen molar-refractivity contribution < 1.29 is 14.5 Å². The van der Waals surface area contributed by atoms with Gasteiger partial charge in [-0.25, -0.2) is 0 Å². The number of ether oxygens (including phenoxy) is 1. The number of nitro groups is 1. The van der Waals surface area contributed by atoms with Crippen LogP contribution in [0, 0.1) is 10.1 Å². The third kappa shape index (κ3) is 6.67. The molecule has 4 aromatic rings. The number of nitro benzene ring substituents is 1. The maximum atomic E-state index is 12.6. The third-order valence-corrected chi connectivity index (χ3v) is 5.53. The molecule has 0 aliphatic rings. The first-order chi connectivity index (χ1) is 17.5. The van der Waals surface area contributed by atoms with Crippen LogP contribution < -0.4 is 20.7 Å². The third-order valence-electron chi connectivity index (χ3n) is 4.68. The molecular formula is C24H21N7O4S. The van der Waals surface area contributed by atoms with Crippen LogP contribution in [0.1, 0.15) is 0 Å². The van der Waals surface area contributed by atoms with Crippen LogP contribution in [-0.4, -0.2) is 38.6 Å². The highest BCUT2D eigenvalue weighted by molar-refractivity contribution is 7.99. The fraction of sp³-hybridized carbons (Fsp3) is 0.0833. The summed E-state index contributed by atoms with van der Waals surface area (Å²) in [5, 5.41) is 20.5. The lowest BCUT2D eigenvalue weighted by Crippen LogP contribution is -2.15. The number of benzene rings is 3. The molecule has 0 unspecified atom stereocenters. The second-order valence-corrected chi connectivity index (χ2v) is 8.17. The number of nitrogens with one attached hydrogen (secondary N) is 3. The number of rotatable bonds is 10. The number of para-hydroxylation sites is 2. The van der Waals surface area contributed by atoms with Gasteiger partial charge in [0.25, 0.3) is 5.69 Å². The van der Waals surface area contributed by atoms with E-state index < -0.39 is 10.8 Å². The number of hydrogen-bond donors (Lipinski definition) is 3. The summed E-state index contributed by atoms with van der Waals surface area (Å²) < 4.78 is 5.02. The molecule has 3 N–H and O–H groups in total. The zero-order valence-corrected chi connectivity index (χ0v) is 19.9. The molecule has 1 heterocycles. The Balaban J connectivity index is 1.50. The molecule has 0 aliphatic heterocycles. The molecule has 0 saturated heterocycles. The Labute approximate surface area is 210 Å². The van der Waals surface area contributed by atoms with Gasteiger partial charge in [-0.1, -0.05) is 48.2 Å². The summed E-state index contributed by atoms with van der Waals surface area (Å²) in [6, 6.07) is 23.0. The zero-order chi connectivity index (χ0) is 25.3. The molecule has 0 saturated carbocycles. The minimum Gasteiger partial charge on any atom is -0.496 e. The number of aromatic nitrogens is 3. The maximum Gasteiger partial charge on any atom is 0.296 e. The molecule has 0 spiro atoms. The normalized spacial score (nSPS) is 10.4. The Bertz CT molecular complexity index is 1300. The lowest BCUT2D eigenvalue weighted by Gasteiger charge is -2.10. The Kier molecular flexibility index (Phi) is 7.88. The van der Waals surface area contributed by atoms with Gasteiger partial charge >= 0.3 is 0 Å². The van der Waals surface area contributed by atoms with Crippen LogP contribution in [0.5, 0.6) is 5.75 Å². The van der Waals surface area contributed by atoms with E-state index in [1.165, 1.54) is 25.3 Å². The maximum absolute atomic E-state index is 12.6. The predicted octanol–water partition coefficient (Wildman–Crippen LogP) is 5.01. The van der Waals surface area contributed by atoms with Crippen molar-refractivity contribution in [3.8, 4) is 5.75 Å². The van der Waals surface area contributed by atoms with E-state index >= 15 is 0 Å². The van der Waals surface area contributed by atoms with Crippen LogP contribution in [0.25, 0.3) is 0 Å². The molecule has 12 heteroatoms. The average molecular weight is 504 g/mol. The van der Waals surface area contributed by atoms with Gasteiger partial charge in [0, 0.05) is 11.4 Å². The Morgan fingerprint density at radius 1 is 0.917 bits per heavy atom. The Morgan fingerprint density at radius 2 is 1.50 bits per heavy atom. The summed E-state index contributed by atoms with van der Waals surface area (Å²) in [6.45, 7) is 0. The van der Waals surface area contributed by atoms with Gasteiger partial charge in [0.05, 0.1) is 23.9 Å². The van der Waals surface area contributed by atoms with Crippen LogP contribution in [-0.2, 0) is 4.79 Å². The molecule has 36 heavy (non-hydrogen) atoms. The molecule has 4 rings (SSSR count). The van der Waals surface area contributed by atoms with Crippen molar-refractivity contribution in [3.05, 3.63) is 89.0 Å². The predicted molar refractivity (Wildman–Crippen MR) is 138 cm³/mol. The van der Waals surface area contributed by atoms with Gasteiger partial charge in [0.1, 0.15) is 11.4 Å². The average Bonchev–Trinajstić information content (AvgIpc) is 2.89. The van der Waals surface area contributed by atoms with E-state index in [1.807, 2.05) is 60.7 Å². The van der Waals surface area contributed by atoms with E-state index in [-0.39, 0.29) is 17.1 Å². The van der Waals surface area contributed by atoms with Crippen LogP contribution in [0.15, 0.2) is 84.0 Å². The molecular weight excluding hydrogens is 482 g/mol. The standard InChI is InChI=1S/C24H21N7O4S/c1-35-18-12-13-19(20(14-18)31(33)34)27-21(32)15-36-24-29-22(25-16-8-4-2-5-9-16)28-23(30-24)26-17-10-6-3-7-11-17/h2-14H,15H2,1H3,(H,27,32)(H2,25,26,28,29,30). The van der Waals surface area contributed by atoms with Gasteiger partial charge in [-0.2, -0.15) is 15.0 Å². The molecule has 0 bridgehead atoms. The fourth-order valence-corrected chi connectivity index (χ4v) is 3.68. The van der Waals surface area contributed by atoms with Crippen molar-refractivity contribution in [1.29, 1.82) is 0 Å². The van der Waals surface area contributed by atoms with Gasteiger partial charge in [0.2, 0.25) is 17.8 Å². The van der Waals surface area contributed by atoms with E-state index in [4.69, 9.17) is 4.74 Å². The van der Waals surface area contributed by atoms with Gasteiger partial charge in [-0.15, -0.1) is 0 Å². The first kappa shape index (κ1) is 24.4. The Morgan fingerprint density at radius 3 is 2.03 bits per heavy atom. The topological polar surface area (TPSA) is 144 Å². The minimum absolute atomic E-state index is 0.0694. The molecule has 0 fully saturated rings. The second-order valence-electron chi connectivity index (χ2n) is 7.22. The molecule has 11 nitrogen and oxygen atoms in total. The largest absolute Gasteiger partial charge is 0.496 e. The van der Waals surface area contributed by atoms with Gasteiger partial charge in [-0.3, -0.25) is 14.9 Å². The molecule has 0 atom stereocenters. The lowest BCUT2D eigenvalue weighted by atomic mass is 10.2. The van der Waals surface area contributed by atoms with Crippen molar-refractivity contribution in [1.82, 2.24) is 15.0 Å². The van der Waals surface area contributed by atoms with Crippen molar-refractivity contribution in [2.75, 3.05) is 28.8 Å². The van der Waals surface area contributed by atoms with Crippen molar-refractivity contribution in [2.45, 2.75) is 5.16 Å². The van der Waals surface area contributed by atoms with Crippen LogP contribution in [0.2, 0.25) is 0 Å². The molecule has 182 valence electrons. The van der Waals surface area contributed by atoms with Crippen LogP contribution >= 0.6 is 11.8 Å². The van der Waals surface area contributed by atoms with Gasteiger partial charge in [0.15, 0.2) is 5.16 Å². The first-order valence-electron chi connectivity index (χ1n) is 10.7. The van der Waals surface area contributed by atoms with Crippen molar-refractivity contribution in [2.24, 2.45) is 0 Å². The minimum atomic E-state index is -0.583. The number of anilines is 5. The second kappa shape index (κ2) is 11.6. The van der Waals surface area contributed by atoms with Crippen molar-refractivity contribution in [3.63, 3.8) is 0 Å². The van der Waals surface area contributed by atoms with E-state index in [1.54, 1.807) is 0 Å². The highest BCUT2D eigenvalue weighted by Gasteiger charge is 2.18. The summed E-state index contributed by atoms with van der Waals surface area (Å²) in [5.41, 5.74) is 1.38. The smallest absolute Gasteiger partial charge is 0.296 e. The Hall–Kier alpha value is -4.71. The highest BCUT2D eigenvalue weighted by Crippen LogP contribution is 2.29. The van der Waals surface area contributed by atoms with Crippen LogP contribution in [0.4, 0.5) is 34.6 Å². The first-order valence-corrected chi connectivity index (χ1v) is 11.6. The molecule has 1 amide bonds. The SMILES string of the molecule is COc1ccc(NC(=O)CSc2nc(Nc3ccccc3)nc(Nc3ccccc3)n2)c([N+](=O)[O-])c1. The van der Waals surface area contributed by atoms with Crippen LogP contribution in [0.3, 0.4) is 0 Å². The molecule has 3 aromatic carbocycles. The number of carbonyl (C=O) groups excluding carboxylic acids is 1. The number of carbonyl (C=O) groups is 1. The highest BCUT2D eigenvalue weighted by atomic mass is 32.2. The molecule has 1 aromatic heterocycles. The summed E-state index contributed by atoms with van der Waals surface area (Å²) in [5.74, 6) is 0.370. The number of nitrogens with zero attached hydrogens (tertiary/aromatic N) is 4. The number of amides is 1. The lowest BCUT2D eigenvalue weighted by molar-refractivity contribution is -0.384. The molecule has 0 aliphatic carbocycles. The van der Waals surface area contributed by atoms with E-state index in [0.29, 0.717) is 22.8 Å². The number of methoxy groups -OCH3 is 1. The monoisotopic (exact) mass is 503 g/mol. The quantitative estimate of drug-likeness (QED) is 0.153. The number of thioether (sulfide) groups is 1. The van der Waals surface area contributed by atoms with Gasteiger partial charge < -0.3 is 20.7 Å². The van der Waals surface area contributed by atoms with E-state index in [9.17, 15) is 14.9 Å². The summed E-state index contributed by atoms with van der Waals surface area (Å²) in [7, 11) is 1.41. The summed E-state index contributed by atoms with van der Waals surface area (Å²) >= 11 is 1.07. The van der Waals surface area contributed by atoms with E-state index in [0.717, 1.165) is 23.1 Å². The van der Waals surface area contributed by atoms with E-state index in [2.05, 4.69) is 30.9 Å². The van der Waals surface area contributed by atoms with Crippen molar-refractivity contribution >= 4 is 52.3 Å². The number of hydrogen-bond acceptors (Lipinski definition) is 10. The zero-order valence-electron chi connectivity index (χ0n) is 19.0.